The van der Waals surface area contributed by atoms with Gasteiger partial charge >= 0.3 is 10.4 Å². The third-order valence-electron chi connectivity index (χ3n) is 2.34. The van der Waals surface area contributed by atoms with Crippen LogP contribution in [0.2, 0.25) is 0 Å². The molecule has 6 nitrogen and oxygen atoms in total. The van der Waals surface area contributed by atoms with Gasteiger partial charge in [0.05, 0.1) is 19.8 Å². The van der Waals surface area contributed by atoms with Gasteiger partial charge in [-0.15, -0.1) is 0 Å². The van der Waals surface area contributed by atoms with Crippen molar-refractivity contribution in [3.05, 3.63) is 0 Å². The summed E-state index contributed by atoms with van der Waals surface area (Å²) in [4.78, 5) is 0. The topological polar surface area (TPSA) is 93.1 Å². The second kappa shape index (κ2) is 10.7. The first-order chi connectivity index (χ1) is 8.52. The van der Waals surface area contributed by atoms with Crippen molar-refractivity contribution in [3.63, 3.8) is 0 Å². The third kappa shape index (κ3) is 10.9. The first-order valence-corrected chi connectivity index (χ1v) is 7.68. The van der Waals surface area contributed by atoms with Gasteiger partial charge in [-0.2, -0.15) is 8.42 Å². The van der Waals surface area contributed by atoms with Crippen molar-refractivity contribution in [2.45, 2.75) is 51.6 Å². The first-order valence-electron chi connectivity index (χ1n) is 6.34. The van der Waals surface area contributed by atoms with Crippen LogP contribution in [0.3, 0.4) is 0 Å². The summed E-state index contributed by atoms with van der Waals surface area (Å²) in [6.07, 6.45) is 4.97. The summed E-state index contributed by atoms with van der Waals surface area (Å²) in [7, 11) is -4.06. The molecule has 1 atom stereocenters. The predicted molar refractivity (Wildman–Crippen MR) is 67.3 cm³/mol. The highest BCUT2D eigenvalue weighted by Crippen LogP contribution is 2.06. The van der Waals surface area contributed by atoms with E-state index in [2.05, 4.69) is 15.3 Å². The molecular formula is C11H24O6S. The molecule has 0 aromatic carbocycles. The fraction of sp³-hybridized carbons (Fsp3) is 1.00. The maximum Gasteiger partial charge on any atom is 0.399 e. The maximum atomic E-state index is 11.1. The van der Waals surface area contributed by atoms with Crippen LogP contribution in [0.15, 0.2) is 0 Å². The molecule has 0 rings (SSSR count). The molecule has 0 saturated carbocycles. The normalized spacial score (nSPS) is 13.7. The Morgan fingerprint density at radius 2 is 1.67 bits per heavy atom. The Kier molecular flexibility index (Phi) is 10.6. The monoisotopic (exact) mass is 284 g/mol. The van der Waals surface area contributed by atoms with E-state index in [-0.39, 0.29) is 6.61 Å². The molecule has 1 unspecified atom stereocenters. The molecule has 0 fully saturated rings. The summed E-state index contributed by atoms with van der Waals surface area (Å²) in [5.41, 5.74) is 0. The highest BCUT2D eigenvalue weighted by molar-refractivity contribution is 7.81. The van der Waals surface area contributed by atoms with E-state index in [0.29, 0.717) is 6.42 Å². The van der Waals surface area contributed by atoms with E-state index in [9.17, 15) is 8.42 Å². The zero-order valence-corrected chi connectivity index (χ0v) is 11.7. The van der Waals surface area contributed by atoms with E-state index in [1.165, 1.54) is 12.8 Å². The molecule has 0 aromatic rings. The SMILES string of the molecule is CCCCCCCCOS(=O)(=O)OCC(O)CO. The number of hydrogen-bond acceptors (Lipinski definition) is 6. The largest absolute Gasteiger partial charge is 0.399 e. The molecule has 0 aromatic heterocycles. The Labute approximate surface area is 109 Å². The van der Waals surface area contributed by atoms with Gasteiger partial charge in [-0.25, -0.2) is 8.37 Å². The second-order valence-corrected chi connectivity index (χ2v) is 5.41. The van der Waals surface area contributed by atoms with Crippen LogP contribution < -0.4 is 0 Å². The van der Waals surface area contributed by atoms with Crippen molar-refractivity contribution in [2.24, 2.45) is 0 Å². The lowest BCUT2D eigenvalue weighted by molar-refractivity contribution is 0.0487. The lowest BCUT2D eigenvalue weighted by Gasteiger charge is -2.08. The van der Waals surface area contributed by atoms with Crippen molar-refractivity contribution in [2.75, 3.05) is 19.8 Å². The number of aliphatic hydroxyl groups excluding tert-OH is 2. The van der Waals surface area contributed by atoms with Crippen LogP contribution in [-0.2, 0) is 18.8 Å². The molecule has 0 spiro atoms. The summed E-state index contributed by atoms with van der Waals surface area (Å²) < 4.78 is 31.3. The molecule has 7 heteroatoms. The molecule has 18 heavy (non-hydrogen) atoms. The van der Waals surface area contributed by atoms with Crippen LogP contribution in [0.4, 0.5) is 0 Å². The van der Waals surface area contributed by atoms with Gasteiger partial charge in [0.2, 0.25) is 0 Å². The minimum atomic E-state index is -4.06. The maximum absolute atomic E-state index is 11.1. The number of hydrogen-bond donors (Lipinski definition) is 2. The highest BCUT2D eigenvalue weighted by atomic mass is 32.3. The lowest BCUT2D eigenvalue weighted by atomic mass is 10.1. The molecule has 0 bridgehead atoms. The van der Waals surface area contributed by atoms with Gasteiger partial charge in [0.25, 0.3) is 0 Å². The average molecular weight is 284 g/mol. The summed E-state index contributed by atoms with van der Waals surface area (Å²) >= 11 is 0. The van der Waals surface area contributed by atoms with Crippen molar-refractivity contribution in [1.82, 2.24) is 0 Å². The van der Waals surface area contributed by atoms with Crippen molar-refractivity contribution >= 4 is 10.4 Å². The summed E-state index contributed by atoms with van der Waals surface area (Å²) in [5, 5.41) is 17.4. The molecule has 110 valence electrons. The summed E-state index contributed by atoms with van der Waals surface area (Å²) in [6.45, 7) is 1.18. The third-order valence-corrected chi connectivity index (χ3v) is 3.22. The van der Waals surface area contributed by atoms with Crippen LogP contribution >= 0.6 is 0 Å². The fourth-order valence-electron chi connectivity index (χ4n) is 1.29. The summed E-state index contributed by atoms with van der Waals surface area (Å²) in [6, 6.07) is 0. The molecule has 0 amide bonds. The Balaban J connectivity index is 3.53. The van der Waals surface area contributed by atoms with Crippen LogP contribution in [0.1, 0.15) is 45.4 Å². The van der Waals surface area contributed by atoms with E-state index in [1.54, 1.807) is 0 Å². The van der Waals surface area contributed by atoms with Crippen molar-refractivity contribution < 1.29 is 27.0 Å². The summed E-state index contributed by atoms with van der Waals surface area (Å²) in [5.74, 6) is 0. The molecule has 0 heterocycles. The van der Waals surface area contributed by atoms with Gasteiger partial charge in [0.1, 0.15) is 6.10 Å². The van der Waals surface area contributed by atoms with Gasteiger partial charge in [-0.1, -0.05) is 39.0 Å². The minimum Gasteiger partial charge on any atom is -0.394 e. The number of rotatable bonds is 12. The predicted octanol–water partition coefficient (Wildman–Crippen LogP) is 0.978. The zero-order valence-electron chi connectivity index (χ0n) is 10.9. The van der Waals surface area contributed by atoms with E-state index >= 15 is 0 Å². The molecular weight excluding hydrogens is 260 g/mol. The lowest BCUT2D eigenvalue weighted by Crippen LogP contribution is -2.23. The molecule has 2 N–H and O–H groups in total. The second-order valence-electron chi connectivity index (χ2n) is 4.12. The fourth-order valence-corrected chi connectivity index (χ4v) is 2.01. The van der Waals surface area contributed by atoms with E-state index in [4.69, 9.17) is 10.2 Å². The van der Waals surface area contributed by atoms with Crippen molar-refractivity contribution in [1.29, 1.82) is 0 Å². The molecule has 0 aliphatic rings. The Bertz CT molecular complexity index is 277. The Hall–Kier alpha value is -0.210. The highest BCUT2D eigenvalue weighted by Gasteiger charge is 2.14. The van der Waals surface area contributed by atoms with E-state index < -0.39 is 29.7 Å². The molecule has 0 aliphatic heterocycles. The standard InChI is InChI=1S/C11H24O6S/c1-2-3-4-5-6-7-8-16-18(14,15)17-10-11(13)9-12/h11-13H,2-10H2,1H3. The molecule has 0 aliphatic carbocycles. The van der Waals surface area contributed by atoms with Gasteiger partial charge in [0, 0.05) is 0 Å². The van der Waals surface area contributed by atoms with Gasteiger partial charge in [0.15, 0.2) is 0 Å². The quantitative estimate of drug-likeness (QED) is 0.519. The molecule has 0 saturated heterocycles. The smallest absolute Gasteiger partial charge is 0.394 e. The number of aliphatic hydroxyl groups is 2. The Morgan fingerprint density at radius 3 is 2.28 bits per heavy atom. The van der Waals surface area contributed by atoms with Crippen LogP contribution in [0.25, 0.3) is 0 Å². The van der Waals surface area contributed by atoms with E-state index in [1.807, 2.05) is 0 Å². The minimum absolute atomic E-state index is 0.0870. The van der Waals surface area contributed by atoms with Gasteiger partial charge < -0.3 is 10.2 Å². The number of unbranched alkanes of at least 4 members (excludes halogenated alkanes) is 5. The molecule has 0 radical (unpaired) electrons. The van der Waals surface area contributed by atoms with Crippen LogP contribution in [-0.4, -0.2) is 44.6 Å². The van der Waals surface area contributed by atoms with E-state index in [0.717, 1.165) is 19.3 Å². The van der Waals surface area contributed by atoms with Crippen LogP contribution in [0, 0.1) is 0 Å². The average Bonchev–Trinajstić information content (AvgIpc) is 2.35. The van der Waals surface area contributed by atoms with Gasteiger partial charge in [-0.3, -0.25) is 0 Å². The zero-order chi connectivity index (χ0) is 13.9. The Morgan fingerprint density at radius 1 is 1.06 bits per heavy atom. The van der Waals surface area contributed by atoms with Crippen LogP contribution in [0.5, 0.6) is 0 Å². The van der Waals surface area contributed by atoms with Gasteiger partial charge in [-0.05, 0) is 6.42 Å². The van der Waals surface area contributed by atoms with Crippen molar-refractivity contribution in [3.8, 4) is 0 Å². The first kappa shape index (κ1) is 17.8.